The van der Waals surface area contributed by atoms with Crippen LogP contribution in [0.5, 0.6) is 0 Å². The van der Waals surface area contributed by atoms with Gasteiger partial charge in [0.25, 0.3) is 0 Å². The number of rotatable bonds is 3. The van der Waals surface area contributed by atoms with Crippen LogP contribution in [0.3, 0.4) is 0 Å². The lowest BCUT2D eigenvalue weighted by Crippen LogP contribution is -2.35. The van der Waals surface area contributed by atoms with Crippen LogP contribution in [-0.4, -0.2) is 49.4 Å². The van der Waals surface area contributed by atoms with E-state index in [1.807, 2.05) is 26.8 Å². The summed E-state index contributed by atoms with van der Waals surface area (Å²) in [5.74, 6) is 0.507. The number of thiophene rings is 1. The van der Waals surface area contributed by atoms with Crippen LogP contribution in [0, 0.1) is 11.7 Å². The quantitative estimate of drug-likeness (QED) is 0.415. The zero-order valence-electron chi connectivity index (χ0n) is 19.1. The molecule has 9 heteroatoms. The molecular formula is C24H26FN5O2S. The molecule has 0 unspecified atom stereocenters. The number of fused-ring (bicyclic) bond motifs is 2. The van der Waals surface area contributed by atoms with Crippen LogP contribution < -0.4 is 0 Å². The zero-order valence-corrected chi connectivity index (χ0v) is 19.9. The molecule has 1 aromatic carbocycles. The second kappa shape index (κ2) is 8.06. The van der Waals surface area contributed by atoms with Crippen molar-refractivity contribution in [1.82, 2.24) is 24.6 Å². The Labute approximate surface area is 195 Å². The number of halogens is 1. The van der Waals surface area contributed by atoms with Crippen molar-refractivity contribution in [3.63, 3.8) is 0 Å². The van der Waals surface area contributed by atoms with Gasteiger partial charge in [-0.15, -0.1) is 11.3 Å². The minimum Gasteiger partial charge on any atom is -0.444 e. The summed E-state index contributed by atoms with van der Waals surface area (Å²) < 4.78 is 21.6. The molecule has 1 atom stereocenters. The molecular weight excluding hydrogens is 441 g/mol. The van der Waals surface area contributed by atoms with E-state index >= 15 is 0 Å². The van der Waals surface area contributed by atoms with E-state index < -0.39 is 5.60 Å². The molecule has 0 radical (unpaired) electrons. The highest BCUT2D eigenvalue weighted by atomic mass is 32.1. The van der Waals surface area contributed by atoms with Gasteiger partial charge in [0.2, 0.25) is 0 Å². The maximum absolute atomic E-state index is 14.5. The fourth-order valence-electron chi connectivity index (χ4n) is 4.24. The molecule has 0 spiro atoms. The Hall–Kier alpha value is -3.07. The Morgan fingerprint density at radius 2 is 2.09 bits per heavy atom. The number of aryl methyl sites for hydroxylation is 1. The molecule has 7 nitrogen and oxygen atoms in total. The molecule has 0 N–H and O–H groups in total. The Morgan fingerprint density at radius 3 is 2.88 bits per heavy atom. The van der Waals surface area contributed by atoms with Gasteiger partial charge in [0.1, 0.15) is 15.9 Å². The van der Waals surface area contributed by atoms with E-state index in [-0.39, 0.29) is 11.9 Å². The van der Waals surface area contributed by atoms with Crippen LogP contribution in [0.15, 0.2) is 30.6 Å². The Kier molecular flexibility index (Phi) is 5.31. The molecule has 1 amide bonds. The summed E-state index contributed by atoms with van der Waals surface area (Å²) in [4.78, 5) is 25.4. The predicted molar refractivity (Wildman–Crippen MR) is 127 cm³/mol. The molecule has 4 aromatic rings. The van der Waals surface area contributed by atoms with Gasteiger partial charge in [0, 0.05) is 53.7 Å². The lowest BCUT2D eigenvalue weighted by molar-refractivity contribution is 0.0288. The summed E-state index contributed by atoms with van der Waals surface area (Å²) in [6, 6.07) is 5.42. The lowest BCUT2D eigenvalue weighted by atomic mass is 10.0. The van der Waals surface area contributed by atoms with Gasteiger partial charge in [0.15, 0.2) is 11.6 Å². The van der Waals surface area contributed by atoms with Gasteiger partial charge in [-0.05, 0) is 57.7 Å². The standard InChI is InChI=1S/C24H26FN5O2S/c1-24(2,3)32-23(31)30-6-5-14(12-30)7-18-9-16-11-26-21(27-22(16)33-18)15-8-17-13-29(4)28-20(17)19(25)10-15/h8-11,13-14H,5-7,12H2,1-4H3/t14-/m1/s1. The van der Waals surface area contributed by atoms with Crippen LogP contribution in [0.25, 0.3) is 32.5 Å². The highest BCUT2D eigenvalue weighted by molar-refractivity contribution is 7.18. The normalized spacial score (nSPS) is 16.8. The number of amides is 1. The zero-order chi connectivity index (χ0) is 23.3. The van der Waals surface area contributed by atoms with E-state index in [1.165, 1.54) is 10.9 Å². The molecule has 33 heavy (non-hydrogen) atoms. The van der Waals surface area contributed by atoms with E-state index in [0.29, 0.717) is 29.4 Å². The molecule has 1 aliphatic heterocycles. The minimum atomic E-state index is -0.485. The molecule has 0 bridgehead atoms. The van der Waals surface area contributed by atoms with Crippen molar-refractivity contribution in [3.8, 4) is 11.4 Å². The summed E-state index contributed by atoms with van der Waals surface area (Å²) in [6.07, 6.45) is 5.17. The van der Waals surface area contributed by atoms with Gasteiger partial charge in [-0.2, -0.15) is 5.10 Å². The van der Waals surface area contributed by atoms with Crippen molar-refractivity contribution in [1.29, 1.82) is 0 Å². The molecule has 3 aromatic heterocycles. The molecule has 1 aliphatic rings. The number of carbonyl (C=O) groups excluding carboxylic acids is 1. The number of hydrogen-bond donors (Lipinski definition) is 0. The fourth-order valence-corrected chi connectivity index (χ4v) is 5.36. The summed E-state index contributed by atoms with van der Waals surface area (Å²) in [5.41, 5.74) is 0.493. The molecule has 0 saturated carbocycles. The van der Waals surface area contributed by atoms with E-state index in [1.54, 1.807) is 40.4 Å². The van der Waals surface area contributed by atoms with Gasteiger partial charge >= 0.3 is 6.09 Å². The first-order chi connectivity index (χ1) is 15.6. The van der Waals surface area contributed by atoms with Crippen LogP contribution >= 0.6 is 11.3 Å². The van der Waals surface area contributed by atoms with Crippen molar-refractivity contribution in [2.45, 2.75) is 39.2 Å². The van der Waals surface area contributed by atoms with Crippen molar-refractivity contribution in [3.05, 3.63) is 41.3 Å². The smallest absolute Gasteiger partial charge is 0.410 e. The largest absolute Gasteiger partial charge is 0.444 e. The van der Waals surface area contributed by atoms with E-state index in [9.17, 15) is 9.18 Å². The number of likely N-dealkylation sites (tertiary alicyclic amines) is 1. The fraction of sp³-hybridized carbons (Fsp3) is 0.417. The molecule has 0 aliphatic carbocycles. The first kappa shape index (κ1) is 21.8. The third-order valence-electron chi connectivity index (χ3n) is 5.69. The van der Waals surface area contributed by atoms with Gasteiger partial charge in [0.05, 0.1) is 0 Å². The summed E-state index contributed by atoms with van der Waals surface area (Å²) >= 11 is 1.63. The minimum absolute atomic E-state index is 0.241. The van der Waals surface area contributed by atoms with Gasteiger partial charge in [-0.1, -0.05) is 0 Å². The Bertz CT molecular complexity index is 1360. The highest BCUT2D eigenvalue weighted by Crippen LogP contribution is 2.31. The number of hydrogen-bond acceptors (Lipinski definition) is 6. The van der Waals surface area contributed by atoms with E-state index in [0.717, 1.165) is 35.0 Å². The topological polar surface area (TPSA) is 73.1 Å². The molecule has 1 fully saturated rings. The second-order valence-electron chi connectivity index (χ2n) is 9.65. The lowest BCUT2D eigenvalue weighted by Gasteiger charge is -2.24. The summed E-state index contributed by atoms with van der Waals surface area (Å²) in [5, 5.41) is 5.85. The molecule has 172 valence electrons. The monoisotopic (exact) mass is 467 g/mol. The first-order valence-electron chi connectivity index (χ1n) is 11.0. The number of nitrogens with zero attached hydrogens (tertiary/aromatic N) is 5. The number of benzene rings is 1. The molecule has 4 heterocycles. The van der Waals surface area contributed by atoms with Crippen molar-refractivity contribution >= 4 is 38.5 Å². The Balaban J connectivity index is 1.33. The summed E-state index contributed by atoms with van der Waals surface area (Å²) in [7, 11) is 1.77. The van der Waals surface area contributed by atoms with Crippen molar-refractivity contribution in [2.75, 3.05) is 13.1 Å². The molecule has 1 saturated heterocycles. The third kappa shape index (κ3) is 4.55. The highest BCUT2D eigenvalue weighted by Gasteiger charge is 2.30. The number of aromatic nitrogens is 4. The third-order valence-corrected chi connectivity index (χ3v) is 6.75. The van der Waals surface area contributed by atoms with Crippen LogP contribution in [-0.2, 0) is 18.2 Å². The van der Waals surface area contributed by atoms with E-state index in [2.05, 4.69) is 16.1 Å². The van der Waals surface area contributed by atoms with Gasteiger partial charge < -0.3 is 9.64 Å². The second-order valence-corrected chi connectivity index (χ2v) is 10.8. The van der Waals surface area contributed by atoms with Crippen molar-refractivity contribution in [2.24, 2.45) is 13.0 Å². The number of ether oxygens (including phenoxy) is 1. The average Bonchev–Trinajstić information content (AvgIpc) is 3.43. The SMILES string of the molecule is Cn1cc2cc(-c3ncc4cc(C[C@H]5CCN(C(=O)OC(C)(C)C)C5)sc4n3)cc(F)c2n1. The molecule has 5 rings (SSSR count). The van der Waals surface area contributed by atoms with Gasteiger partial charge in [-0.25, -0.2) is 19.2 Å². The number of carbonyl (C=O) groups is 1. The van der Waals surface area contributed by atoms with Crippen LogP contribution in [0.4, 0.5) is 9.18 Å². The van der Waals surface area contributed by atoms with Crippen molar-refractivity contribution < 1.29 is 13.9 Å². The predicted octanol–water partition coefficient (Wildman–Crippen LogP) is 5.18. The average molecular weight is 468 g/mol. The maximum Gasteiger partial charge on any atom is 0.410 e. The van der Waals surface area contributed by atoms with E-state index in [4.69, 9.17) is 9.72 Å². The Morgan fingerprint density at radius 1 is 1.27 bits per heavy atom. The van der Waals surface area contributed by atoms with Gasteiger partial charge in [-0.3, -0.25) is 4.68 Å². The van der Waals surface area contributed by atoms with Crippen LogP contribution in [0.1, 0.15) is 32.1 Å². The maximum atomic E-state index is 14.5. The van der Waals surface area contributed by atoms with Crippen LogP contribution in [0.2, 0.25) is 0 Å². The summed E-state index contributed by atoms with van der Waals surface area (Å²) in [6.45, 7) is 7.07. The first-order valence-corrected chi connectivity index (χ1v) is 11.8.